The minimum Gasteiger partial charge on any atom is -0.514 e. The number of nitrogens with zero attached hydrogens (tertiary/aromatic N) is 2. The van der Waals surface area contributed by atoms with Crippen molar-refractivity contribution < 1.29 is 35.3 Å². The Morgan fingerprint density at radius 1 is 0.605 bits per heavy atom. The van der Waals surface area contributed by atoms with Gasteiger partial charge in [-0.15, -0.1) is 36.4 Å². The Kier molecular flexibility index (Phi) is 5.70. The summed E-state index contributed by atoms with van der Waals surface area (Å²) in [5, 5.41) is 0. The van der Waals surface area contributed by atoms with E-state index in [1.165, 1.54) is 22.3 Å². The van der Waals surface area contributed by atoms with Crippen molar-refractivity contribution in [3.63, 3.8) is 0 Å². The van der Waals surface area contributed by atoms with Crippen molar-refractivity contribution in [1.82, 2.24) is 0 Å². The molecule has 4 aromatic rings. The first-order valence-electron chi connectivity index (χ1n) is 12.7. The molecule has 188 valence electrons. The third-order valence-electron chi connectivity index (χ3n) is 7.55. The van der Waals surface area contributed by atoms with E-state index in [-0.39, 0.29) is 45.4 Å². The standard InChI is InChI=1S/C32H22N2O3.Pt/c1-3-13-25-19(7-1)17-27-29(25)33-31(36-27)21-9-5-11-23(15-21)35-24-12-6-10-22(16-24)32-34-30-26-14-4-2-8-20(26)18-28(30)37-32;/h1-14,27-30H,17-18H2;/q-2;+2/t27-,28-,29+,30+;/m0./s1. The number of benzene rings is 4. The van der Waals surface area contributed by atoms with E-state index in [9.17, 15) is 0 Å². The maximum absolute atomic E-state index is 6.23. The molecule has 5 nitrogen and oxygen atoms in total. The fraction of sp³-hybridized carbons (Fsp3) is 0.188. The van der Waals surface area contributed by atoms with Crippen LogP contribution in [0.3, 0.4) is 0 Å². The Bertz CT molecular complexity index is 1490. The van der Waals surface area contributed by atoms with Crippen molar-refractivity contribution in [2.24, 2.45) is 9.98 Å². The molecule has 0 N–H and O–H groups in total. The first-order chi connectivity index (χ1) is 18.3. The first-order valence-corrected chi connectivity index (χ1v) is 12.7. The van der Waals surface area contributed by atoms with Gasteiger partial charge in [-0.25, -0.2) is 0 Å². The molecular formula is C32H22N2O3Pt. The molecule has 0 fully saturated rings. The van der Waals surface area contributed by atoms with Crippen LogP contribution < -0.4 is 4.74 Å². The summed E-state index contributed by atoms with van der Waals surface area (Å²) in [4.78, 5) is 9.78. The van der Waals surface area contributed by atoms with Crippen LogP contribution >= 0.6 is 0 Å². The van der Waals surface area contributed by atoms with Crippen LogP contribution in [-0.4, -0.2) is 24.0 Å². The number of rotatable bonds is 4. The zero-order valence-electron chi connectivity index (χ0n) is 20.2. The Morgan fingerprint density at radius 3 is 1.58 bits per heavy atom. The molecule has 0 saturated heterocycles. The van der Waals surface area contributed by atoms with Gasteiger partial charge < -0.3 is 14.2 Å². The molecular weight excluding hydrogens is 655 g/mol. The third kappa shape index (κ3) is 3.88. The Hall–Kier alpha value is -3.69. The molecule has 8 rings (SSSR count). The number of hydrogen-bond acceptors (Lipinski definition) is 5. The maximum atomic E-state index is 6.23. The molecule has 0 aromatic heterocycles. The van der Waals surface area contributed by atoms with Crippen LogP contribution in [0.4, 0.5) is 0 Å². The second kappa shape index (κ2) is 9.25. The van der Waals surface area contributed by atoms with E-state index < -0.39 is 0 Å². The smallest absolute Gasteiger partial charge is 0.514 e. The molecule has 4 aromatic carbocycles. The van der Waals surface area contributed by atoms with Gasteiger partial charge in [0.05, 0.1) is 0 Å². The van der Waals surface area contributed by atoms with Gasteiger partial charge in [-0.3, -0.25) is 9.98 Å². The van der Waals surface area contributed by atoms with Gasteiger partial charge >= 0.3 is 21.1 Å². The summed E-state index contributed by atoms with van der Waals surface area (Å²) < 4.78 is 18.6. The van der Waals surface area contributed by atoms with Crippen LogP contribution in [0.2, 0.25) is 0 Å². The molecule has 2 aliphatic carbocycles. The molecule has 0 spiro atoms. The first kappa shape index (κ1) is 23.4. The summed E-state index contributed by atoms with van der Waals surface area (Å²) in [5.41, 5.74) is 6.73. The van der Waals surface area contributed by atoms with Gasteiger partial charge in [0.1, 0.15) is 36.1 Å². The molecule has 2 heterocycles. The van der Waals surface area contributed by atoms with Gasteiger partial charge in [0, 0.05) is 24.3 Å². The van der Waals surface area contributed by atoms with Crippen LogP contribution in [0.5, 0.6) is 11.5 Å². The fourth-order valence-electron chi connectivity index (χ4n) is 5.84. The molecule has 38 heavy (non-hydrogen) atoms. The molecule has 6 heteroatoms. The minimum absolute atomic E-state index is 0. The molecule has 0 bridgehead atoms. The normalized spacial score (nSPS) is 23.6. The predicted octanol–water partition coefficient (Wildman–Crippen LogP) is 5.96. The predicted molar refractivity (Wildman–Crippen MR) is 139 cm³/mol. The molecule has 0 unspecified atom stereocenters. The summed E-state index contributed by atoms with van der Waals surface area (Å²) >= 11 is 0. The van der Waals surface area contributed by atoms with Gasteiger partial charge in [0.25, 0.3) is 0 Å². The zero-order valence-corrected chi connectivity index (χ0v) is 22.5. The average molecular weight is 678 g/mol. The number of fused-ring (bicyclic) bond motifs is 6. The van der Waals surface area contributed by atoms with E-state index in [1.807, 2.05) is 36.4 Å². The third-order valence-corrected chi connectivity index (χ3v) is 7.55. The van der Waals surface area contributed by atoms with E-state index in [0.29, 0.717) is 23.3 Å². The summed E-state index contributed by atoms with van der Waals surface area (Å²) in [6.07, 6.45) is 1.86. The Balaban J connectivity index is 0.00000242. The van der Waals surface area contributed by atoms with Crippen molar-refractivity contribution in [3.05, 3.63) is 130 Å². The Labute approximate surface area is 235 Å². The van der Waals surface area contributed by atoms with Gasteiger partial charge in [-0.2, -0.15) is 0 Å². The Morgan fingerprint density at radius 2 is 1.08 bits per heavy atom. The molecule has 0 amide bonds. The van der Waals surface area contributed by atoms with Crippen molar-refractivity contribution in [1.29, 1.82) is 0 Å². The van der Waals surface area contributed by atoms with Gasteiger partial charge in [0.2, 0.25) is 0 Å². The molecule has 0 radical (unpaired) electrons. The average Bonchev–Trinajstić information content (AvgIpc) is 3.68. The monoisotopic (exact) mass is 677 g/mol. The number of aliphatic imine (C=N–C) groups is 2. The van der Waals surface area contributed by atoms with Crippen molar-refractivity contribution >= 4 is 11.8 Å². The van der Waals surface area contributed by atoms with Crippen molar-refractivity contribution in [2.45, 2.75) is 37.1 Å². The second-order valence-electron chi connectivity index (χ2n) is 9.84. The van der Waals surface area contributed by atoms with Gasteiger partial charge in [-0.1, -0.05) is 71.8 Å². The van der Waals surface area contributed by atoms with Crippen LogP contribution in [0.1, 0.15) is 45.5 Å². The van der Waals surface area contributed by atoms with Crippen LogP contribution in [0, 0.1) is 12.1 Å². The van der Waals surface area contributed by atoms with E-state index in [1.54, 1.807) is 0 Å². The SMILES string of the molecule is [Pt+2].[c-]1c(Oc2[c-]c(C3=N[C@@H]4c5ccccc5C[C@@H]4O3)ccc2)cccc1C1=N[C@@H]2c3ccccc3C[C@@H]2O1. The molecule has 2 aliphatic heterocycles. The van der Waals surface area contributed by atoms with Crippen LogP contribution in [0.25, 0.3) is 0 Å². The minimum atomic E-state index is 0. The van der Waals surface area contributed by atoms with Crippen molar-refractivity contribution in [3.8, 4) is 11.5 Å². The fourth-order valence-corrected chi connectivity index (χ4v) is 5.84. The molecule has 4 atom stereocenters. The topological polar surface area (TPSA) is 52.4 Å². The molecule has 0 saturated carbocycles. The summed E-state index contributed by atoms with van der Waals surface area (Å²) in [6, 6.07) is 35.1. The summed E-state index contributed by atoms with van der Waals surface area (Å²) in [7, 11) is 0. The quantitative estimate of drug-likeness (QED) is 0.251. The van der Waals surface area contributed by atoms with Crippen LogP contribution in [-0.2, 0) is 43.4 Å². The maximum Gasteiger partial charge on any atom is 2.00 e. The van der Waals surface area contributed by atoms with Gasteiger partial charge in [-0.05, 0) is 22.3 Å². The molecule has 4 aliphatic rings. The van der Waals surface area contributed by atoms with Crippen molar-refractivity contribution in [2.75, 3.05) is 0 Å². The second-order valence-corrected chi connectivity index (χ2v) is 9.84. The van der Waals surface area contributed by atoms with Crippen LogP contribution in [0.15, 0.2) is 94.9 Å². The summed E-state index contributed by atoms with van der Waals surface area (Å²) in [6.45, 7) is 0. The van der Waals surface area contributed by atoms with E-state index in [2.05, 4.69) is 60.7 Å². The number of hydrogen-bond donors (Lipinski definition) is 0. The van der Waals surface area contributed by atoms with Gasteiger partial charge in [0.15, 0.2) is 0 Å². The number of ether oxygens (including phenoxy) is 3. The largest absolute Gasteiger partial charge is 2.00 e. The summed E-state index contributed by atoms with van der Waals surface area (Å²) in [5.74, 6) is 2.39. The van der Waals surface area contributed by atoms with E-state index in [4.69, 9.17) is 24.2 Å². The van der Waals surface area contributed by atoms with E-state index >= 15 is 0 Å². The van der Waals surface area contributed by atoms with E-state index in [0.717, 1.165) is 24.0 Å². The zero-order chi connectivity index (χ0) is 24.3.